The van der Waals surface area contributed by atoms with Crippen molar-refractivity contribution >= 4 is 28.2 Å². The average Bonchev–Trinajstić information content (AvgIpc) is 2.90. The number of sulfone groups is 1. The van der Waals surface area contributed by atoms with E-state index in [1.165, 1.54) is 0 Å². The molecule has 0 bridgehead atoms. The summed E-state index contributed by atoms with van der Waals surface area (Å²) in [7, 11) is -3.31. The van der Waals surface area contributed by atoms with Crippen molar-refractivity contribution in [3.05, 3.63) is 0 Å². The molecule has 0 radical (unpaired) electrons. The summed E-state index contributed by atoms with van der Waals surface area (Å²) in [6, 6.07) is 0. The third kappa shape index (κ3) is 4.90. The number of amides is 1. The molecule has 0 atom stereocenters. The molecule has 120 valence electrons. The van der Waals surface area contributed by atoms with E-state index in [0.29, 0.717) is 32.2 Å². The maximum atomic E-state index is 12.1. The van der Waals surface area contributed by atoms with Gasteiger partial charge >= 0.3 is 0 Å². The van der Waals surface area contributed by atoms with Gasteiger partial charge in [0.2, 0.25) is 5.91 Å². The van der Waals surface area contributed by atoms with E-state index in [1.54, 1.807) is 0 Å². The van der Waals surface area contributed by atoms with Gasteiger partial charge < -0.3 is 11.1 Å². The Kier molecular flexibility index (Phi) is 8.06. The molecule has 20 heavy (non-hydrogen) atoms. The zero-order chi connectivity index (χ0) is 14.5. The van der Waals surface area contributed by atoms with E-state index in [0.717, 1.165) is 12.8 Å². The van der Waals surface area contributed by atoms with Gasteiger partial charge in [-0.25, -0.2) is 8.42 Å². The Balaban J connectivity index is 0.00000361. The first-order valence-corrected chi connectivity index (χ1v) is 8.83. The van der Waals surface area contributed by atoms with Crippen molar-refractivity contribution in [3.8, 4) is 0 Å². The molecule has 1 aliphatic carbocycles. The van der Waals surface area contributed by atoms with E-state index in [-0.39, 0.29) is 17.7 Å². The molecule has 1 fully saturated rings. The van der Waals surface area contributed by atoms with Gasteiger partial charge in [-0.05, 0) is 25.7 Å². The second-order valence-electron chi connectivity index (χ2n) is 5.45. The van der Waals surface area contributed by atoms with Crippen LogP contribution in [-0.4, -0.2) is 37.4 Å². The summed E-state index contributed by atoms with van der Waals surface area (Å²) in [5, 5.41) is 2.49. The minimum atomic E-state index is -3.31. The van der Waals surface area contributed by atoms with Crippen LogP contribution < -0.4 is 11.1 Å². The Morgan fingerprint density at radius 3 is 2.15 bits per heavy atom. The first-order valence-electron chi connectivity index (χ1n) is 7.12. The van der Waals surface area contributed by atoms with Gasteiger partial charge in [0.15, 0.2) is 9.84 Å². The van der Waals surface area contributed by atoms with Crippen LogP contribution in [-0.2, 0) is 14.6 Å². The number of hydrogen-bond donors (Lipinski definition) is 2. The molecule has 7 heteroatoms. The Morgan fingerprint density at radius 1 is 1.25 bits per heavy atom. The second kappa shape index (κ2) is 8.20. The maximum absolute atomic E-state index is 12.1. The smallest absolute Gasteiger partial charge is 0.235 e. The predicted molar refractivity (Wildman–Crippen MR) is 83.8 cm³/mol. The molecule has 5 nitrogen and oxygen atoms in total. The first kappa shape index (κ1) is 19.7. The van der Waals surface area contributed by atoms with Crippen molar-refractivity contribution < 1.29 is 13.2 Å². The van der Waals surface area contributed by atoms with Crippen LogP contribution in [0.2, 0.25) is 0 Å². The zero-order valence-corrected chi connectivity index (χ0v) is 14.0. The molecule has 0 aromatic carbocycles. The van der Waals surface area contributed by atoms with Gasteiger partial charge in [0.1, 0.15) is 5.75 Å². The molecule has 1 aliphatic rings. The van der Waals surface area contributed by atoms with Crippen molar-refractivity contribution in [1.82, 2.24) is 5.32 Å². The van der Waals surface area contributed by atoms with Gasteiger partial charge in [-0.15, -0.1) is 12.4 Å². The van der Waals surface area contributed by atoms with E-state index >= 15 is 0 Å². The lowest BCUT2D eigenvalue weighted by Gasteiger charge is -2.31. The van der Waals surface area contributed by atoms with Crippen LogP contribution in [0.15, 0.2) is 0 Å². The van der Waals surface area contributed by atoms with Crippen LogP contribution >= 0.6 is 12.4 Å². The van der Waals surface area contributed by atoms with Crippen molar-refractivity contribution in [1.29, 1.82) is 0 Å². The molecule has 0 saturated heterocycles. The predicted octanol–water partition coefficient (Wildman–Crippen LogP) is 1.40. The van der Waals surface area contributed by atoms with Crippen LogP contribution in [0.5, 0.6) is 0 Å². The van der Waals surface area contributed by atoms with Gasteiger partial charge in [0.05, 0.1) is 10.8 Å². The van der Waals surface area contributed by atoms with E-state index in [4.69, 9.17) is 5.73 Å². The highest BCUT2D eigenvalue weighted by Gasteiger charge is 2.33. The highest BCUT2D eigenvalue weighted by Crippen LogP contribution is 2.25. The molecular weight excluding hydrogens is 300 g/mol. The molecule has 0 heterocycles. The summed E-state index contributed by atoms with van der Waals surface area (Å²) in [4.78, 5) is 12.0. The largest absolute Gasteiger partial charge is 0.349 e. The molecule has 0 spiro atoms. The number of nitrogens with one attached hydrogen (secondary N) is 1. The monoisotopic (exact) mass is 326 g/mol. The zero-order valence-electron chi connectivity index (χ0n) is 12.4. The van der Waals surface area contributed by atoms with E-state index in [9.17, 15) is 13.2 Å². The van der Waals surface area contributed by atoms with Crippen LogP contribution in [0, 0.1) is 0 Å². The standard InChI is InChI=1S/C13H26N2O3S.ClH/c1-3-13(4-2,10-14)15-12(16)9-19(17,18)11-7-5-6-8-11;/h11H,3-10,14H2,1-2H3,(H,15,16);1H. The van der Waals surface area contributed by atoms with Gasteiger partial charge in [-0.1, -0.05) is 26.7 Å². The number of nitrogens with two attached hydrogens (primary N) is 1. The lowest BCUT2D eigenvalue weighted by atomic mass is 9.93. The van der Waals surface area contributed by atoms with Crippen molar-refractivity contribution in [3.63, 3.8) is 0 Å². The molecule has 0 aromatic rings. The van der Waals surface area contributed by atoms with Crippen molar-refractivity contribution in [2.75, 3.05) is 12.3 Å². The fourth-order valence-electron chi connectivity index (χ4n) is 2.65. The number of rotatable bonds is 7. The van der Waals surface area contributed by atoms with Crippen LogP contribution in [0.1, 0.15) is 52.4 Å². The van der Waals surface area contributed by atoms with Crippen molar-refractivity contribution in [2.45, 2.75) is 63.2 Å². The summed E-state index contributed by atoms with van der Waals surface area (Å²) < 4.78 is 24.2. The fourth-order valence-corrected chi connectivity index (χ4v) is 4.37. The number of hydrogen-bond acceptors (Lipinski definition) is 4. The molecule has 1 amide bonds. The topological polar surface area (TPSA) is 89.3 Å². The SMILES string of the molecule is CCC(CC)(CN)NC(=O)CS(=O)(=O)C1CCCC1.Cl. The quantitative estimate of drug-likeness (QED) is 0.740. The lowest BCUT2D eigenvalue weighted by Crippen LogP contribution is -2.54. The lowest BCUT2D eigenvalue weighted by molar-refractivity contribution is -0.120. The molecule has 0 aliphatic heterocycles. The third-order valence-electron chi connectivity index (χ3n) is 4.29. The summed E-state index contributed by atoms with van der Waals surface area (Å²) in [6.45, 7) is 4.22. The summed E-state index contributed by atoms with van der Waals surface area (Å²) >= 11 is 0. The summed E-state index contributed by atoms with van der Waals surface area (Å²) in [5.74, 6) is -0.819. The highest BCUT2D eigenvalue weighted by atomic mass is 35.5. The van der Waals surface area contributed by atoms with E-state index < -0.39 is 27.0 Å². The van der Waals surface area contributed by atoms with Crippen LogP contribution in [0.25, 0.3) is 0 Å². The van der Waals surface area contributed by atoms with Crippen molar-refractivity contribution in [2.24, 2.45) is 5.73 Å². The Labute approximate surface area is 128 Å². The maximum Gasteiger partial charge on any atom is 0.235 e. The minimum Gasteiger partial charge on any atom is -0.349 e. The second-order valence-corrected chi connectivity index (χ2v) is 7.73. The minimum absolute atomic E-state index is 0. The van der Waals surface area contributed by atoms with Crippen LogP contribution in [0.3, 0.4) is 0 Å². The number of halogens is 1. The van der Waals surface area contributed by atoms with Gasteiger partial charge in [0.25, 0.3) is 0 Å². The molecule has 3 N–H and O–H groups in total. The Bertz CT molecular complexity index is 394. The first-order chi connectivity index (χ1) is 8.89. The molecule has 1 saturated carbocycles. The van der Waals surface area contributed by atoms with Gasteiger partial charge in [-0.2, -0.15) is 0 Å². The number of carbonyl (C=O) groups excluding carboxylic acids is 1. The van der Waals surface area contributed by atoms with Crippen LogP contribution in [0.4, 0.5) is 0 Å². The molecule has 0 unspecified atom stereocenters. The third-order valence-corrected chi connectivity index (χ3v) is 6.44. The van der Waals surface area contributed by atoms with E-state index in [2.05, 4.69) is 5.32 Å². The Hall–Kier alpha value is -0.330. The van der Waals surface area contributed by atoms with E-state index in [1.807, 2.05) is 13.8 Å². The average molecular weight is 327 g/mol. The van der Waals surface area contributed by atoms with Gasteiger partial charge in [-0.3, -0.25) is 4.79 Å². The molecular formula is C13H27ClN2O3S. The van der Waals surface area contributed by atoms with Gasteiger partial charge in [0, 0.05) is 6.54 Å². The normalized spacial score (nSPS) is 16.8. The number of carbonyl (C=O) groups is 1. The summed E-state index contributed by atoms with van der Waals surface area (Å²) in [5.41, 5.74) is 5.23. The highest BCUT2D eigenvalue weighted by molar-refractivity contribution is 7.92. The fraction of sp³-hybridized carbons (Fsp3) is 0.923. The molecule has 1 rings (SSSR count). The summed E-state index contributed by atoms with van der Waals surface area (Å²) in [6.07, 6.45) is 4.69. The Morgan fingerprint density at radius 2 is 1.75 bits per heavy atom. The molecule has 0 aromatic heterocycles.